The minimum atomic E-state index is -4.71. The lowest BCUT2D eigenvalue weighted by Gasteiger charge is -2.08. The van der Waals surface area contributed by atoms with Crippen LogP contribution in [0.4, 0.5) is 19.2 Å². The molecule has 5 nitrogen and oxygen atoms in total. The summed E-state index contributed by atoms with van der Waals surface area (Å²) in [4.78, 5) is 0. The number of ether oxygens (including phenoxy) is 1. The van der Waals surface area contributed by atoms with Gasteiger partial charge in [0.2, 0.25) is 5.89 Å². The number of alkyl halides is 3. The van der Waals surface area contributed by atoms with Crippen molar-refractivity contribution >= 4 is 6.01 Å². The van der Waals surface area contributed by atoms with Crippen molar-refractivity contribution in [2.24, 2.45) is 0 Å². The molecule has 8 heteroatoms. The maximum Gasteiger partial charge on any atom is 0.573 e. The number of rotatable bonds is 2. The smallest absolute Gasteiger partial charge is 0.406 e. The van der Waals surface area contributed by atoms with E-state index in [9.17, 15) is 13.2 Å². The monoisotopic (exact) mass is 305 g/mol. The maximum absolute atomic E-state index is 11.9. The molecule has 118 valence electrons. The molecule has 0 aliphatic rings. The number of hydrogen-bond acceptors (Lipinski definition) is 5. The third kappa shape index (κ3) is 6.64. The topological polar surface area (TPSA) is 74.2 Å². The molecule has 0 spiro atoms. The maximum atomic E-state index is 11.9. The molecular formula is C13H18F3N3O2. The molecule has 0 amide bonds. The molecule has 0 aliphatic heterocycles. The zero-order valence-corrected chi connectivity index (χ0v) is 12.2. The lowest BCUT2D eigenvalue weighted by Crippen LogP contribution is -2.16. The Labute approximate surface area is 120 Å². The minimum Gasteiger partial charge on any atom is -0.406 e. The van der Waals surface area contributed by atoms with Crippen LogP contribution in [0.1, 0.15) is 27.7 Å². The van der Waals surface area contributed by atoms with Gasteiger partial charge < -0.3 is 14.9 Å². The summed E-state index contributed by atoms with van der Waals surface area (Å²) >= 11 is 0. The molecule has 0 saturated carbocycles. The van der Waals surface area contributed by atoms with Gasteiger partial charge in [0.15, 0.2) is 0 Å². The van der Waals surface area contributed by atoms with Gasteiger partial charge in [0.25, 0.3) is 0 Å². The van der Waals surface area contributed by atoms with Gasteiger partial charge in [-0.3, -0.25) is 0 Å². The Bertz CT molecular complexity index is 510. The lowest BCUT2D eigenvalue weighted by atomic mass is 10.2. The van der Waals surface area contributed by atoms with Gasteiger partial charge in [-0.25, -0.2) is 0 Å². The third-order valence-corrected chi connectivity index (χ3v) is 1.78. The van der Waals surface area contributed by atoms with Gasteiger partial charge in [-0.1, -0.05) is 32.8 Å². The van der Waals surface area contributed by atoms with E-state index in [0.29, 0.717) is 5.56 Å². The summed E-state index contributed by atoms with van der Waals surface area (Å²) in [6.45, 7) is 8.00. The van der Waals surface area contributed by atoms with Crippen LogP contribution in [0.25, 0.3) is 11.5 Å². The van der Waals surface area contributed by atoms with Crippen LogP contribution in [0.5, 0.6) is 5.75 Å². The van der Waals surface area contributed by atoms with Crippen LogP contribution in [-0.4, -0.2) is 16.6 Å². The first-order chi connectivity index (χ1) is 9.94. The highest BCUT2D eigenvalue weighted by Crippen LogP contribution is 2.26. The zero-order chi connectivity index (χ0) is 16.5. The van der Waals surface area contributed by atoms with Crippen LogP contribution in [0.2, 0.25) is 0 Å². The van der Waals surface area contributed by atoms with Crippen molar-refractivity contribution in [3.8, 4) is 17.2 Å². The lowest BCUT2D eigenvalue weighted by molar-refractivity contribution is -0.274. The van der Waals surface area contributed by atoms with Crippen LogP contribution < -0.4 is 10.5 Å². The number of nitrogen functional groups attached to an aromatic ring is 1. The van der Waals surface area contributed by atoms with E-state index in [4.69, 9.17) is 10.2 Å². The van der Waals surface area contributed by atoms with E-state index < -0.39 is 6.36 Å². The molecule has 0 bridgehead atoms. The molecule has 2 aromatic rings. The van der Waals surface area contributed by atoms with Crippen molar-refractivity contribution < 1.29 is 22.3 Å². The Morgan fingerprint density at radius 3 is 1.90 bits per heavy atom. The predicted molar refractivity (Wildman–Crippen MR) is 73.5 cm³/mol. The van der Waals surface area contributed by atoms with E-state index in [-0.39, 0.29) is 17.7 Å². The van der Waals surface area contributed by atoms with E-state index >= 15 is 0 Å². The molecule has 21 heavy (non-hydrogen) atoms. The zero-order valence-electron chi connectivity index (χ0n) is 12.2. The number of hydrogen-bond donors (Lipinski definition) is 1. The van der Waals surface area contributed by atoms with Crippen LogP contribution in [0.15, 0.2) is 28.7 Å². The van der Waals surface area contributed by atoms with E-state index in [1.54, 1.807) is 0 Å². The van der Waals surface area contributed by atoms with Gasteiger partial charge in [0, 0.05) is 5.56 Å². The van der Waals surface area contributed by atoms with Gasteiger partial charge in [0.1, 0.15) is 5.75 Å². The van der Waals surface area contributed by atoms with Crippen LogP contribution in [-0.2, 0) is 0 Å². The molecule has 1 aromatic carbocycles. The second kappa shape index (κ2) is 8.83. The summed E-state index contributed by atoms with van der Waals surface area (Å²) in [5.74, 6) is -0.199. The molecule has 0 atom stereocenters. The van der Waals surface area contributed by atoms with Crippen LogP contribution in [0, 0.1) is 0 Å². The fourth-order valence-corrected chi connectivity index (χ4v) is 1.15. The second-order valence-corrected chi connectivity index (χ2v) is 3.02. The van der Waals surface area contributed by atoms with Crippen molar-refractivity contribution in [2.75, 3.05) is 5.73 Å². The molecule has 2 rings (SSSR count). The van der Waals surface area contributed by atoms with Crippen LogP contribution in [0.3, 0.4) is 0 Å². The van der Waals surface area contributed by atoms with Crippen molar-refractivity contribution in [3.05, 3.63) is 24.3 Å². The van der Waals surface area contributed by atoms with Crippen molar-refractivity contribution in [3.63, 3.8) is 0 Å². The first-order valence-corrected chi connectivity index (χ1v) is 6.39. The Morgan fingerprint density at radius 1 is 1.00 bits per heavy atom. The molecule has 1 aromatic heterocycles. The molecule has 0 unspecified atom stereocenters. The van der Waals surface area contributed by atoms with E-state index in [1.165, 1.54) is 12.1 Å². The number of nitrogens with two attached hydrogens (primary N) is 1. The summed E-state index contributed by atoms with van der Waals surface area (Å²) in [6, 6.07) is 4.88. The number of aromatic nitrogens is 2. The number of benzene rings is 1. The highest BCUT2D eigenvalue weighted by molar-refractivity contribution is 5.54. The van der Waals surface area contributed by atoms with Crippen molar-refractivity contribution in [1.29, 1.82) is 0 Å². The average Bonchev–Trinajstić information content (AvgIpc) is 2.89. The molecule has 0 fully saturated rings. The second-order valence-electron chi connectivity index (χ2n) is 3.02. The Morgan fingerprint density at radius 2 is 1.52 bits per heavy atom. The molecule has 0 radical (unpaired) electrons. The average molecular weight is 305 g/mol. The normalized spacial score (nSPS) is 9.86. The molecule has 0 aliphatic carbocycles. The minimum absolute atomic E-state index is 0.115. The number of halogens is 3. The number of nitrogens with zero attached hydrogens (tertiary/aromatic N) is 2. The molecular weight excluding hydrogens is 287 g/mol. The Kier molecular flexibility index (Phi) is 7.88. The SMILES string of the molecule is CC.CC.Nc1nnc(-c2ccc(OC(F)(F)F)cc2)o1. The highest BCUT2D eigenvalue weighted by atomic mass is 19.4. The van der Waals surface area contributed by atoms with Gasteiger partial charge in [-0.2, -0.15) is 0 Å². The van der Waals surface area contributed by atoms with Crippen molar-refractivity contribution in [2.45, 2.75) is 34.1 Å². The summed E-state index contributed by atoms with van der Waals surface area (Å²) in [7, 11) is 0. The van der Waals surface area contributed by atoms with Gasteiger partial charge >= 0.3 is 12.4 Å². The summed E-state index contributed by atoms with van der Waals surface area (Å²) in [6.07, 6.45) is -4.71. The first-order valence-electron chi connectivity index (χ1n) is 6.39. The standard InChI is InChI=1S/C9H6F3N3O2.2C2H6/c10-9(11,12)17-6-3-1-5(2-4-6)7-14-15-8(13)16-7;2*1-2/h1-4H,(H2,13,15);2*1-2H3. The fourth-order valence-electron chi connectivity index (χ4n) is 1.15. The van der Waals surface area contributed by atoms with E-state index in [2.05, 4.69) is 14.9 Å². The van der Waals surface area contributed by atoms with Gasteiger partial charge in [-0.15, -0.1) is 18.3 Å². The number of anilines is 1. The first kappa shape index (κ1) is 18.8. The summed E-state index contributed by atoms with van der Waals surface area (Å²) in [5, 5.41) is 7.01. The van der Waals surface area contributed by atoms with Gasteiger partial charge in [0.05, 0.1) is 0 Å². The summed E-state index contributed by atoms with van der Waals surface area (Å²) in [5.41, 5.74) is 5.66. The van der Waals surface area contributed by atoms with E-state index in [0.717, 1.165) is 12.1 Å². The fraction of sp³-hybridized carbons (Fsp3) is 0.385. The largest absolute Gasteiger partial charge is 0.573 e. The molecule has 1 heterocycles. The quantitative estimate of drug-likeness (QED) is 0.896. The molecule has 2 N–H and O–H groups in total. The molecule has 0 saturated heterocycles. The highest BCUT2D eigenvalue weighted by Gasteiger charge is 2.31. The van der Waals surface area contributed by atoms with E-state index in [1.807, 2.05) is 27.7 Å². The Balaban J connectivity index is 0.000000921. The van der Waals surface area contributed by atoms with Gasteiger partial charge in [-0.05, 0) is 24.3 Å². The predicted octanol–water partition coefficient (Wildman–Crippen LogP) is 4.27. The van der Waals surface area contributed by atoms with Crippen molar-refractivity contribution in [1.82, 2.24) is 10.2 Å². The summed E-state index contributed by atoms with van der Waals surface area (Å²) < 4.78 is 44.3. The Hall–Kier alpha value is -2.25. The van der Waals surface area contributed by atoms with Crippen LogP contribution >= 0.6 is 0 Å². The third-order valence-electron chi connectivity index (χ3n) is 1.78.